The average Bonchev–Trinajstić information content (AvgIpc) is 3.74. The third-order valence-corrected chi connectivity index (χ3v) is 13.5. The second-order valence-corrected chi connectivity index (χ2v) is 17.3. The van der Waals surface area contributed by atoms with E-state index in [2.05, 4.69) is 264 Å². The molecule has 12 aromatic carbocycles. The first kappa shape index (κ1) is 37.8. The summed E-state index contributed by atoms with van der Waals surface area (Å²) < 4.78 is 2.45. The van der Waals surface area contributed by atoms with Crippen LogP contribution in [0.3, 0.4) is 0 Å². The van der Waals surface area contributed by atoms with Crippen LogP contribution in [0.25, 0.3) is 104 Å². The van der Waals surface area contributed by atoms with Crippen LogP contribution < -0.4 is 4.90 Å². The van der Waals surface area contributed by atoms with Crippen LogP contribution in [0.1, 0.15) is 0 Å². The molecule has 0 saturated carbocycles. The molecule has 0 spiro atoms. The number of anilines is 3. The SMILES string of the molecule is c1cc(-c2cccc3ccccc23)cc(N(c2ccc(-c3cccc(-n4c5ccccc5c5ccc6ccccc6c54)c3)cc2)c2ccc(-c3ccc4ccccc4c3)c3ccccc23)c1. The van der Waals surface area contributed by atoms with E-state index in [0.717, 1.165) is 28.3 Å². The molecular weight excluding hydrogens is 797 g/mol. The number of hydrogen-bond acceptors (Lipinski definition) is 1. The van der Waals surface area contributed by atoms with Gasteiger partial charge < -0.3 is 9.47 Å². The number of rotatable bonds is 7. The predicted octanol–water partition coefficient (Wildman–Crippen LogP) is 17.9. The highest BCUT2D eigenvalue weighted by Gasteiger charge is 2.20. The summed E-state index contributed by atoms with van der Waals surface area (Å²) in [6.07, 6.45) is 0. The minimum atomic E-state index is 1.09. The Morgan fingerprint density at radius 2 is 0.864 bits per heavy atom. The molecule has 0 N–H and O–H groups in total. The largest absolute Gasteiger partial charge is 0.310 e. The monoisotopic (exact) mass is 838 g/mol. The maximum absolute atomic E-state index is 2.45. The fourth-order valence-electron chi connectivity index (χ4n) is 10.4. The second-order valence-electron chi connectivity index (χ2n) is 17.3. The molecular formula is C64H42N2. The van der Waals surface area contributed by atoms with E-state index in [4.69, 9.17) is 0 Å². The molecule has 0 radical (unpaired) electrons. The van der Waals surface area contributed by atoms with Gasteiger partial charge in [-0.15, -0.1) is 0 Å². The normalized spacial score (nSPS) is 11.6. The molecule has 1 aromatic heterocycles. The van der Waals surface area contributed by atoms with E-state index in [9.17, 15) is 0 Å². The number of benzene rings is 12. The molecule has 2 heteroatoms. The summed E-state index contributed by atoms with van der Waals surface area (Å²) in [6.45, 7) is 0. The van der Waals surface area contributed by atoms with Gasteiger partial charge in [0, 0.05) is 38.6 Å². The molecule has 2 nitrogen and oxygen atoms in total. The van der Waals surface area contributed by atoms with E-state index >= 15 is 0 Å². The van der Waals surface area contributed by atoms with Gasteiger partial charge in [0.1, 0.15) is 0 Å². The molecule has 0 atom stereocenters. The molecule has 1 heterocycles. The van der Waals surface area contributed by atoms with Gasteiger partial charge in [0.2, 0.25) is 0 Å². The van der Waals surface area contributed by atoms with Crippen molar-refractivity contribution in [3.05, 3.63) is 255 Å². The summed E-state index contributed by atoms with van der Waals surface area (Å²) in [5, 5.41) is 12.4. The number of para-hydroxylation sites is 1. The van der Waals surface area contributed by atoms with Gasteiger partial charge >= 0.3 is 0 Å². The lowest BCUT2D eigenvalue weighted by atomic mass is 9.94. The lowest BCUT2D eigenvalue weighted by molar-refractivity contribution is 1.19. The van der Waals surface area contributed by atoms with Crippen LogP contribution in [0.5, 0.6) is 0 Å². The Labute approximate surface area is 383 Å². The molecule has 0 unspecified atom stereocenters. The number of fused-ring (bicyclic) bond motifs is 8. The van der Waals surface area contributed by atoms with Gasteiger partial charge in [-0.2, -0.15) is 0 Å². The number of nitrogens with zero attached hydrogens (tertiary/aromatic N) is 2. The van der Waals surface area contributed by atoms with Gasteiger partial charge in [-0.05, 0) is 120 Å². The summed E-state index contributed by atoms with van der Waals surface area (Å²) in [6, 6.07) is 93.4. The summed E-state index contributed by atoms with van der Waals surface area (Å²) in [4.78, 5) is 2.44. The van der Waals surface area contributed by atoms with Gasteiger partial charge in [-0.25, -0.2) is 0 Å². The van der Waals surface area contributed by atoms with Crippen LogP contribution in [0.4, 0.5) is 17.1 Å². The minimum Gasteiger partial charge on any atom is -0.310 e. The summed E-state index contributed by atoms with van der Waals surface area (Å²) in [7, 11) is 0. The van der Waals surface area contributed by atoms with Crippen molar-refractivity contribution in [2.45, 2.75) is 0 Å². The van der Waals surface area contributed by atoms with E-state index < -0.39 is 0 Å². The first-order valence-electron chi connectivity index (χ1n) is 22.7. The molecule has 13 aromatic rings. The Bertz CT molecular complexity index is 4000. The van der Waals surface area contributed by atoms with E-state index in [1.54, 1.807) is 0 Å². The zero-order valence-electron chi connectivity index (χ0n) is 36.1. The first-order chi connectivity index (χ1) is 32.7. The highest BCUT2D eigenvalue weighted by Crippen LogP contribution is 2.44. The molecule has 0 amide bonds. The first-order valence-corrected chi connectivity index (χ1v) is 22.7. The van der Waals surface area contributed by atoms with Crippen LogP contribution in [-0.2, 0) is 0 Å². The van der Waals surface area contributed by atoms with Crippen LogP contribution in [-0.4, -0.2) is 4.57 Å². The fourth-order valence-corrected chi connectivity index (χ4v) is 10.4. The zero-order valence-corrected chi connectivity index (χ0v) is 36.1. The van der Waals surface area contributed by atoms with Crippen LogP contribution in [0.2, 0.25) is 0 Å². The molecule has 0 aliphatic heterocycles. The molecule has 308 valence electrons. The highest BCUT2D eigenvalue weighted by molar-refractivity contribution is 6.18. The van der Waals surface area contributed by atoms with E-state index in [0.29, 0.717) is 0 Å². The van der Waals surface area contributed by atoms with Crippen molar-refractivity contribution in [3.8, 4) is 39.1 Å². The molecule has 0 aliphatic rings. The summed E-state index contributed by atoms with van der Waals surface area (Å²) in [5.41, 5.74) is 14.0. The molecule has 0 bridgehead atoms. The average molecular weight is 839 g/mol. The van der Waals surface area contributed by atoms with Crippen molar-refractivity contribution in [2.24, 2.45) is 0 Å². The van der Waals surface area contributed by atoms with Crippen molar-refractivity contribution in [1.29, 1.82) is 0 Å². The van der Waals surface area contributed by atoms with Crippen molar-refractivity contribution in [2.75, 3.05) is 4.90 Å². The molecule has 13 rings (SSSR count). The maximum Gasteiger partial charge on any atom is 0.0619 e. The summed E-state index contributed by atoms with van der Waals surface area (Å²) in [5.74, 6) is 0. The molecule has 0 aliphatic carbocycles. The zero-order chi connectivity index (χ0) is 43.6. The predicted molar refractivity (Wildman–Crippen MR) is 282 cm³/mol. The van der Waals surface area contributed by atoms with Crippen molar-refractivity contribution >= 4 is 82.0 Å². The van der Waals surface area contributed by atoms with Crippen molar-refractivity contribution in [1.82, 2.24) is 4.57 Å². The van der Waals surface area contributed by atoms with E-state index in [-0.39, 0.29) is 0 Å². The summed E-state index contributed by atoms with van der Waals surface area (Å²) >= 11 is 0. The Kier molecular flexibility index (Phi) is 8.89. The van der Waals surface area contributed by atoms with Crippen LogP contribution >= 0.6 is 0 Å². The smallest absolute Gasteiger partial charge is 0.0619 e. The van der Waals surface area contributed by atoms with Crippen LogP contribution in [0, 0.1) is 0 Å². The number of aromatic nitrogens is 1. The van der Waals surface area contributed by atoms with Crippen LogP contribution in [0.15, 0.2) is 255 Å². The van der Waals surface area contributed by atoms with Crippen molar-refractivity contribution in [3.63, 3.8) is 0 Å². The Morgan fingerprint density at radius 3 is 1.71 bits per heavy atom. The Balaban J connectivity index is 0.959. The van der Waals surface area contributed by atoms with Gasteiger partial charge in [0.15, 0.2) is 0 Å². The van der Waals surface area contributed by atoms with Gasteiger partial charge in [-0.1, -0.05) is 200 Å². The lowest BCUT2D eigenvalue weighted by Gasteiger charge is -2.28. The quantitative estimate of drug-likeness (QED) is 0.155. The molecule has 0 fully saturated rings. The highest BCUT2D eigenvalue weighted by atomic mass is 15.1. The fraction of sp³-hybridized carbons (Fsp3) is 0. The second kappa shape index (κ2) is 15.5. The molecule has 0 saturated heterocycles. The van der Waals surface area contributed by atoms with E-state index in [1.165, 1.54) is 92.7 Å². The Morgan fingerprint density at radius 1 is 0.273 bits per heavy atom. The Hall–Kier alpha value is -8.72. The lowest BCUT2D eigenvalue weighted by Crippen LogP contribution is -2.11. The molecule has 66 heavy (non-hydrogen) atoms. The number of hydrogen-bond donors (Lipinski definition) is 0. The third kappa shape index (κ3) is 6.26. The standard InChI is InChI=1S/C64H42N2/c1-2-17-47-40-50(31-30-43(47)14-1)56-38-39-63(59-26-8-7-25-58(56)59)65(52-21-12-20-49(42-52)55-28-13-18-45-15-3-5-23-54(45)55)51-35-32-44(33-36-51)48-19-11-22-53(41-48)66-62-29-10-9-27-60(62)61-37-34-46-16-4-6-24-57(46)64(61)66/h1-42H. The van der Waals surface area contributed by atoms with E-state index in [1.807, 2.05) is 0 Å². The van der Waals surface area contributed by atoms with Gasteiger partial charge in [0.25, 0.3) is 0 Å². The third-order valence-electron chi connectivity index (χ3n) is 13.5. The van der Waals surface area contributed by atoms with Gasteiger partial charge in [0.05, 0.1) is 16.7 Å². The topological polar surface area (TPSA) is 8.17 Å². The van der Waals surface area contributed by atoms with Crippen molar-refractivity contribution < 1.29 is 0 Å². The maximum atomic E-state index is 2.45. The van der Waals surface area contributed by atoms with Gasteiger partial charge in [-0.3, -0.25) is 0 Å². The minimum absolute atomic E-state index is 1.09.